The van der Waals surface area contributed by atoms with Gasteiger partial charge in [-0.2, -0.15) is 0 Å². The molecule has 1 heterocycles. The molecule has 0 aliphatic carbocycles. The van der Waals surface area contributed by atoms with Gasteiger partial charge in [0.2, 0.25) is 5.84 Å². The number of quaternary nitrogens is 1. The topological polar surface area (TPSA) is 75.7 Å². The number of aliphatic carboxylic acids is 1. The molecule has 0 amide bonds. The van der Waals surface area contributed by atoms with E-state index in [-0.39, 0.29) is 17.2 Å². The van der Waals surface area contributed by atoms with Crippen LogP contribution >= 0.6 is 0 Å². The van der Waals surface area contributed by atoms with Crippen molar-refractivity contribution < 1.29 is 14.4 Å². The van der Waals surface area contributed by atoms with Gasteiger partial charge in [-0.15, -0.1) is 0 Å². The van der Waals surface area contributed by atoms with Crippen molar-refractivity contribution in [1.82, 2.24) is 0 Å². The molecular weight excluding hydrogens is 314 g/mol. The molecule has 3 N–H and O–H groups in total. The zero-order chi connectivity index (χ0) is 18.5. The van der Waals surface area contributed by atoms with Gasteiger partial charge >= 0.3 is 5.97 Å². The lowest BCUT2D eigenvalue weighted by molar-refractivity contribution is -0.805. The molecule has 0 aromatic heterocycles. The van der Waals surface area contributed by atoms with Crippen LogP contribution in [0.2, 0.25) is 0 Å². The van der Waals surface area contributed by atoms with Crippen LogP contribution in [0.15, 0.2) is 29.5 Å². The van der Waals surface area contributed by atoms with Gasteiger partial charge in [-0.05, 0) is 25.7 Å². The van der Waals surface area contributed by atoms with E-state index in [1.54, 1.807) is 6.20 Å². The van der Waals surface area contributed by atoms with Crippen molar-refractivity contribution in [1.29, 1.82) is 0 Å². The molecule has 5 heteroatoms. The number of carbonyl (C=O) groups is 1. The van der Waals surface area contributed by atoms with Gasteiger partial charge in [0.05, 0.1) is 6.20 Å². The molecule has 25 heavy (non-hydrogen) atoms. The Labute approximate surface area is 152 Å². The molecule has 0 saturated carbocycles. The zero-order valence-electron chi connectivity index (χ0n) is 16.0. The Morgan fingerprint density at radius 1 is 1.20 bits per heavy atom. The summed E-state index contributed by atoms with van der Waals surface area (Å²) in [5, 5.41) is 9.19. The normalized spacial score (nSPS) is 21.0. The number of nitrogens with two attached hydrogens (primary N) is 1. The van der Waals surface area contributed by atoms with Crippen molar-refractivity contribution in [3.05, 3.63) is 24.6 Å². The van der Waals surface area contributed by atoms with Gasteiger partial charge in [0.1, 0.15) is 12.4 Å². The molecule has 0 aromatic carbocycles. The highest BCUT2D eigenvalue weighted by molar-refractivity contribution is 5.81. The smallest absolute Gasteiger partial charge is 0.360 e. The molecule has 2 unspecified atom stereocenters. The van der Waals surface area contributed by atoms with Gasteiger partial charge in [0.25, 0.3) is 0 Å². The monoisotopic (exact) mass is 350 g/mol. The highest BCUT2D eigenvalue weighted by atomic mass is 16.4. The Morgan fingerprint density at radius 2 is 1.84 bits per heavy atom. The minimum absolute atomic E-state index is 0.0408. The van der Waals surface area contributed by atoms with E-state index in [0.717, 1.165) is 31.5 Å². The van der Waals surface area contributed by atoms with E-state index in [2.05, 4.69) is 24.1 Å². The number of aliphatic imine (C=N–C) groups is 1. The van der Waals surface area contributed by atoms with Crippen LogP contribution in [0.4, 0.5) is 0 Å². The van der Waals surface area contributed by atoms with Gasteiger partial charge in [-0.3, -0.25) is 5.73 Å². The molecule has 5 nitrogen and oxygen atoms in total. The molecular formula is C20H36N3O2+. The van der Waals surface area contributed by atoms with Crippen LogP contribution in [0.3, 0.4) is 0 Å². The van der Waals surface area contributed by atoms with Crippen LogP contribution in [-0.4, -0.2) is 34.1 Å². The van der Waals surface area contributed by atoms with Crippen LogP contribution in [0.5, 0.6) is 0 Å². The van der Waals surface area contributed by atoms with Crippen LogP contribution in [0.1, 0.15) is 78.1 Å². The molecule has 1 rings (SSSR count). The molecule has 2 atom stereocenters. The van der Waals surface area contributed by atoms with Crippen molar-refractivity contribution in [2.24, 2.45) is 10.7 Å². The molecule has 0 spiro atoms. The molecule has 0 aromatic rings. The summed E-state index contributed by atoms with van der Waals surface area (Å²) < 4.78 is 0.150. The second-order valence-corrected chi connectivity index (χ2v) is 6.99. The standard InChI is InChI=1S/C20H35N3O2/c1-3-4-5-6-7-8-9-10-11-12-13-14-19-22-15-16-23(19,18(2)21)17-20(24)25/h10-11,15-16,18H,3-9,12-14,17,21H2,1-2H3/p+1/b11-10+. The maximum absolute atomic E-state index is 11.2. The lowest BCUT2D eigenvalue weighted by Gasteiger charge is -2.34. The Hall–Kier alpha value is -1.46. The number of hydrogen-bond acceptors (Lipinski definition) is 3. The van der Waals surface area contributed by atoms with Gasteiger partial charge in [-0.1, -0.05) is 51.2 Å². The first-order chi connectivity index (χ1) is 12.0. The molecule has 1 aliphatic heterocycles. The maximum Gasteiger partial charge on any atom is 0.360 e. The number of carboxylic acid groups (broad SMARTS) is 1. The minimum Gasteiger partial charge on any atom is -0.477 e. The Morgan fingerprint density at radius 3 is 2.48 bits per heavy atom. The minimum atomic E-state index is -0.851. The van der Waals surface area contributed by atoms with Crippen molar-refractivity contribution in [3.63, 3.8) is 0 Å². The van der Waals surface area contributed by atoms with Gasteiger partial charge < -0.3 is 5.11 Å². The SMILES string of the molecule is CCCCCCCC/C=C/CCCC1=NC=C[N+]1(CC(=O)O)C(C)N. The summed E-state index contributed by atoms with van der Waals surface area (Å²) in [5.74, 6) is 0.0112. The molecule has 1 aliphatic rings. The van der Waals surface area contributed by atoms with Crippen molar-refractivity contribution in [3.8, 4) is 0 Å². The quantitative estimate of drug-likeness (QED) is 0.274. The largest absolute Gasteiger partial charge is 0.477 e. The first kappa shape index (κ1) is 21.6. The van der Waals surface area contributed by atoms with Crippen LogP contribution in [0.25, 0.3) is 0 Å². The highest BCUT2D eigenvalue weighted by Gasteiger charge is 2.40. The number of allylic oxidation sites excluding steroid dienone is 2. The number of carboxylic acids is 1. The van der Waals surface area contributed by atoms with Gasteiger partial charge in [-0.25, -0.2) is 14.3 Å². The van der Waals surface area contributed by atoms with E-state index in [9.17, 15) is 9.90 Å². The Balaban J connectivity index is 2.24. The zero-order valence-corrected chi connectivity index (χ0v) is 16.0. The first-order valence-electron chi connectivity index (χ1n) is 9.77. The van der Waals surface area contributed by atoms with Crippen molar-refractivity contribution >= 4 is 11.8 Å². The number of hydrogen-bond donors (Lipinski definition) is 2. The third-order valence-corrected chi connectivity index (χ3v) is 4.82. The van der Waals surface area contributed by atoms with Crippen LogP contribution < -0.4 is 5.73 Å². The van der Waals surface area contributed by atoms with Gasteiger partial charge in [0.15, 0.2) is 6.54 Å². The van der Waals surface area contributed by atoms with Crippen LogP contribution in [-0.2, 0) is 4.79 Å². The van der Waals surface area contributed by atoms with E-state index >= 15 is 0 Å². The van der Waals surface area contributed by atoms with E-state index in [0.29, 0.717) is 0 Å². The maximum atomic E-state index is 11.2. The van der Waals surface area contributed by atoms with Gasteiger partial charge in [0, 0.05) is 13.3 Å². The molecule has 0 radical (unpaired) electrons. The van der Waals surface area contributed by atoms with E-state index in [4.69, 9.17) is 5.73 Å². The van der Waals surface area contributed by atoms with Crippen LogP contribution in [0, 0.1) is 0 Å². The lowest BCUT2D eigenvalue weighted by atomic mass is 10.1. The summed E-state index contributed by atoms with van der Waals surface area (Å²) in [6.45, 7) is 4.05. The van der Waals surface area contributed by atoms with E-state index in [1.807, 2.05) is 13.1 Å². The fraction of sp³-hybridized carbons (Fsp3) is 0.700. The second-order valence-electron chi connectivity index (χ2n) is 6.99. The highest BCUT2D eigenvalue weighted by Crippen LogP contribution is 2.23. The Bertz CT molecular complexity index is 483. The summed E-state index contributed by atoms with van der Waals surface area (Å²) >= 11 is 0. The van der Waals surface area contributed by atoms with Crippen molar-refractivity contribution in [2.75, 3.05) is 6.54 Å². The number of amidine groups is 1. The first-order valence-corrected chi connectivity index (χ1v) is 9.77. The number of unbranched alkanes of at least 4 members (excludes halogenated alkanes) is 7. The molecule has 0 bridgehead atoms. The summed E-state index contributed by atoms with van der Waals surface area (Å²) in [5.41, 5.74) is 6.06. The Kier molecular flexibility index (Phi) is 10.3. The average Bonchev–Trinajstić information content (AvgIpc) is 2.96. The summed E-state index contributed by atoms with van der Waals surface area (Å²) in [6.07, 6.45) is 19.6. The summed E-state index contributed by atoms with van der Waals surface area (Å²) in [7, 11) is 0. The number of rotatable bonds is 14. The van der Waals surface area contributed by atoms with E-state index in [1.165, 1.54) is 38.5 Å². The summed E-state index contributed by atoms with van der Waals surface area (Å²) in [4.78, 5) is 15.6. The molecule has 0 saturated heterocycles. The molecule has 0 fully saturated rings. The second kappa shape index (κ2) is 12.0. The lowest BCUT2D eigenvalue weighted by Crippen LogP contribution is -2.59. The average molecular weight is 351 g/mol. The fourth-order valence-corrected chi connectivity index (χ4v) is 3.24. The number of nitrogens with zero attached hydrogens (tertiary/aromatic N) is 2. The summed E-state index contributed by atoms with van der Waals surface area (Å²) in [6, 6.07) is 0. The van der Waals surface area contributed by atoms with Crippen molar-refractivity contribution in [2.45, 2.75) is 84.2 Å². The predicted molar refractivity (Wildman–Crippen MR) is 104 cm³/mol. The third kappa shape index (κ3) is 7.53. The van der Waals surface area contributed by atoms with E-state index < -0.39 is 5.97 Å². The third-order valence-electron chi connectivity index (χ3n) is 4.82. The molecule has 142 valence electrons. The fourth-order valence-electron chi connectivity index (χ4n) is 3.24. The predicted octanol–water partition coefficient (Wildman–Crippen LogP) is 4.55.